The highest BCUT2D eigenvalue weighted by Gasteiger charge is 2.26. The molecule has 0 spiro atoms. The molecule has 0 unspecified atom stereocenters. The standard InChI is InChI=1S/C15H15N5OS/c16-8-9-19(12-4-2-1-3-5-12)14(21)10-22-15-18-17-11-20(15)13-6-7-13/h1-5,11,13H,6-7,9-10H2. The maximum atomic E-state index is 12.4. The first-order valence-electron chi connectivity index (χ1n) is 7.04. The summed E-state index contributed by atoms with van der Waals surface area (Å²) in [4.78, 5) is 13.9. The second-order valence-electron chi connectivity index (χ2n) is 5.01. The first kappa shape index (κ1) is 14.6. The van der Waals surface area contributed by atoms with E-state index in [4.69, 9.17) is 5.26 Å². The maximum absolute atomic E-state index is 12.4. The van der Waals surface area contributed by atoms with E-state index in [0.29, 0.717) is 6.04 Å². The highest BCUT2D eigenvalue weighted by Crippen LogP contribution is 2.37. The lowest BCUT2D eigenvalue weighted by molar-refractivity contribution is -0.116. The summed E-state index contributed by atoms with van der Waals surface area (Å²) in [6.45, 7) is 0.0404. The van der Waals surface area contributed by atoms with Crippen molar-refractivity contribution >= 4 is 23.4 Å². The third-order valence-electron chi connectivity index (χ3n) is 3.40. The first-order chi connectivity index (χ1) is 10.8. The molecule has 0 radical (unpaired) electrons. The fraction of sp³-hybridized carbons (Fsp3) is 0.333. The summed E-state index contributed by atoms with van der Waals surface area (Å²) in [7, 11) is 0. The molecule has 112 valence electrons. The van der Waals surface area contributed by atoms with Crippen LogP contribution >= 0.6 is 11.8 Å². The Labute approximate surface area is 132 Å². The molecule has 1 aliphatic rings. The summed E-state index contributed by atoms with van der Waals surface area (Å²) in [6, 6.07) is 11.8. The van der Waals surface area contributed by atoms with Gasteiger partial charge in [0.15, 0.2) is 5.16 Å². The minimum Gasteiger partial charge on any atom is -0.306 e. The Bertz CT molecular complexity index is 689. The van der Waals surface area contributed by atoms with Gasteiger partial charge in [0, 0.05) is 11.7 Å². The summed E-state index contributed by atoms with van der Waals surface area (Å²) in [5, 5.41) is 17.7. The Hall–Kier alpha value is -2.33. The number of hydrogen-bond donors (Lipinski definition) is 0. The number of amides is 1. The molecule has 22 heavy (non-hydrogen) atoms. The molecule has 0 N–H and O–H groups in total. The average molecular weight is 313 g/mol. The van der Waals surface area contributed by atoms with Gasteiger partial charge in [-0.2, -0.15) is 5.26 Å². The van der Waals surface area contributed by atoms with Crippen LogP contribution in [0, 0.1) is 11.3 Å². The number of nitriles is 1. The maximum Gasteiger partial charge on any atom is 0.238 e. The molecule has 3 rings (SSSR count). The smallest absolute Gasteiger partial charge is 0.238 e. The number of hydrogen-bond acceptors (Lipinski definition) is 5. The Morgan fingerprint density at radius 1 is 1.41 bits per heavy atom. The molecule has 0 aliphatic heterocycles. The summed E-state index contributed by atoms with van der Waals surface area (Å²) in [5.74, 6) is 0.130. The van der Waals surface area contributed by atoms with Crippen molar-refractivity contribution in [2.75, 3.05) is 17.2 Å². The van der Waals surface area contributed by atoms with Gasteiger partial charge in [-0.05, 0) is 25.0 Å². The van der Waals surface area contributed by atoms with Crippen LogP contribution < -0.4 is 4.90 Å². The third-order valence-corrected chi connectivity index (χ3v) is 4.34. The van der Waals surface area contributed by atoms with Crippen LogP contribution in [0.2, 0.25) is 0 Å². The molecule has 0 bridgehead atoms. The average Bonchev–Trinajstić information content (AvgIpc) is 3.29. The highest BCUT2D eigenvalue weighted by atomic mass is 32.2. The summed E-state index contributed by atoms with van der Waals surface area (Å²) < 4.78 is 2.02. The van der Waals surface area contributed by atoms with Crippen molar-refractivity contribution in [3.63, 3.8) is 0 Å². The fourth-order valence-corrected chi connectivity index (χ4v) is 3.00. The molecule has 2 aromatic rings. The number of anilines is 1. The van der Waals surface area contributed by atoms with Crippen molar-refractivity contribution in [3.8, 4) is 6.07 Å². The van der Waals surface area contributed by atoms with Gasteiger partial charge in [0.25, 0.3) is 0 Å². The summed E-state index contributed by atoms with van der Waals surface area (Å²) in [5.41, 5.74) is 0.735. The lowest BCUT2D eigenvalue weighted by atomic mass is 10.3. The molecule has 7 heteroatoms. The molecule has 1 heterocycles. The molecule has 0 saturated heterocycles. The zero-order valence-electron chi connectivity index (χ0n) is 11.9. The van der Waals surface area contributed by atoms with Crippen LogP contribution in [0.25, 0.3) is 0 Å². The molecule has 1 fully saturated rings. The molecule has 0 atom stereocenters. The largest absolute Gasteiger partial charge is 0.306 e. The molecule has 6 nitrogen and oxygen atoms in total. The van der Waals surface area contributed by atoms with Crippen molar-refractivity contribution in [2.45, 2.75) is 24.0 Å². The van der Waals surface area contributed by atoms with E-state index in [-0.39, 0.29) is 18.2 Å². The number of rotatable bonds is 6. The van der Waals surface area contributed by atoms with E-state index in [1.54, 1.807) is 6.33 Å². The van der Waals surface area contributed by atoms with E-state index in [1.807, 2.05) is 41.0 Å². The van der Waals surface area contributed by atoms with Crippen LogP contribution in [0.4, 0.5) is 5.69 Å². The fourth-order valence-electron chi connectivity index (χ4n) is 2.14. The number of nitrogens with zero attached hydrogens (tertiary/aromatic N) is 5. The zero-order chi connectivity index (χ0) is 15.4. The van der Waals surface area contributed by atoms with Crippen LogP contribution in [-0.4, -0.2) is 33.0 Å². The van der Waals surface area contributed by atoms with Crippen molar-refractivity contribution in [2.24, 2.45) is 0 Å². The van der Waals surface area contributed by atoms with Crippen LogP contribution in [0.1, 0.15) is 18.9 Å². The minimum atomic E-state index is -0.108. The number of carbonyl (C=O) groups is 1. The Morgan fingerprint density at radius 2 is 2.18 bits per heavy atom. The lowest BCUT2D eigenvalue weighted by Gasteiger charge is -2.19. The predicted molar refractivity (Wildman–Crippen MR) is 83.4 cm³/mol. The molecule has 1 aromatic carbocycles. The van der Waals surface area contributed by atoms with Crippen molar-refractivity contribution < 1.29 is 4.79 Å². The van der Waals surface area contributed by atoms with Crippen LogP contribution in [0.5, 0.6) is 0 Å². The highest BCUT2D eigenvalue weighted by molar-refractivity contribution is 7.99. The summed E-state index contributed by atoms with van der Waals surface area (Å²) in [6.07, 6.45) is 4.00. The van der Waals surface area contributed by atoms with E-state index in [9.17, 15) is 4.79 Å². The van der Waals surface area contributed by atoms with Gasteiger partial charge < -0.3 is 4.57 Å². The van der Waals surface area contributed by atoms with E-state index in [0.717, 1.165) is 23.7 Å². The number of para-hydroxylation sites is 1. The second kappa shape index (κ2) is 6.62. The van der Waals surface area contributed by atoms with Gasteiger partial charge in [-0.3, -0.25) is 9.69 Å². The van der Waals surface area contributed by atoms with E-state index in [1.165, 1.54) is 16.7 Å². The quantitative estimate of drug-likeness (QED) is 0.604. The summed E-state index contributed by atoms with van der Waals surface area (Å²) >= 11 is 1.37. The van der Waals surface area contributed by atoms with Gasteiger partial charge in [-0.15, -0.1) is 10.2 Å². The van der Waals surface area contributed by atoms with Crippen LogP contribution in [-0.2, 0) is 4.79 Å². The molecular weight excluding hydrogens is 298 g/mol. The van der Waals surface area contributed by atoms with Gasteiger partial charge in [-0.1, -0.05) is 30.0 Å². The number of thioether (sulfide) groups is 1. The zero-order valence-corrected chi connectivity index (χ0v) is 12.7. The number of carbonyl (C=O) groups excluding carboxylic acids is 1. The van der Waals surface area contributed by atoms with Crippen molar-refractivity contribution in [1.29, 1.82) is 5.26 Å². The normalized spacial score (nSPS) is 13.6. The first-order valence-corrected chi connectivity index (χ1v) is 8.03. The van der Waals surface area contributed by atoms with Gasteiger partial charge in [0.2, 0.25) is 5.91 Å². The number of benzene rings is 1. The number of aromatic nitrogens is 3. The van der Waals surface area contributed by atoms with E-state index < -0.39 is 0 Å². The van der Waals surface area contributed by atoms with Crippen molar-refractivity contribution in [1.82, 2.24) is 14.8 Å². The predicted octanol–water partition coefficient (Wildman–Crippen LogP) is 2.26. The van der Waals surface area contributed by atoms with Crippen LogP contribution in [0.3, 0.4) is 0 Å². The van der Waals surface area contributed by atoms with Gasteiger partial charge >= 0.3 is 0 Å². The lowest BCUT2D eigenvalue weighted by Crippen LogP contribution is -2.32. The Kier molecular flexibility index (Phi) is 4.39. The van der Waals surface area contributed by atoms with Gasteiger partial charge in [0.05, 0.1) is 11.8 Å². The Morgan fingerprint density at radius 3 is 2.86 bits per heavy atom. The molecule has 1 aromatic heterocycles. The monoisotopic (exact) mass is 313 g/mol. The molecule has 1 aliphatic carbocycles. The molecule has 1 amide bonds. The molecule has 1 saturated carbocycles. The molecular formula is C15H15N5OS. The SMILES string of the molecule is N#CCN(C(=O)CSc1nncn1C1CC1)c1ccccc1. The van der Waals surface area contributed by atoms with Gasteiger partial charge in [0.1, 0.15) is 12.9 Å². The minimum absolute atomic E-state index is 0.0404. The van der Waals surface area contributed by atoms with Crippen molar-refractivity contribution in [3.05, 3.63) is 36.7 Å². The van der Waals surface area contributed by atoms with E-state index >= 15 is 0 Å². The van der Waals surface area contributed by atoms with E-state index in [2.05, 4.69) is 10.2 Å². The second-order valence-corrected chi connectivity index (χ2v) is 5.96. The topological polar surface area (TPSA) is 74.8 Å². The Balaban J connectivity index is 1.66. The van der Waals surface area contributed by atoms with Crippen LogP contribution in [0.15, 0.2) is 41.8 Å². The third kappa shape index (κ3) is 3.28. The van der Waals surface area contributed by atoms with Gasteiger partial charge in [-0.25, -0.2) is 0 Å².